The zero-order chi connectivity index (χ0) is 16.8. The lowest BCUT2D eigenvalue weighted by atomic mass is 9.69. The van der Waals surface area contributed by atoms with E-state index in [1.165, 1.54) is 6.42 Å². The van der Waals surface area contributed by atoms with Gasteiger partial charge in [-0.25, -0.2) is 0 Å². The highest BCUT2D eigenvalue weighted by Crippen LogP contribution is 2.41. The van der Waals surface area contributed by atoms with E-state index in [-0.39, 0.29) is 12.6 Å². The average Bonchev–Trinajstić information content (AvgIpc) is 2.67. The fraction of sp³-hybridized carbons (Fsp3) is 0.400. The van der Waals surface area contributed by atoms with Crippen LogP contribution in [0.4, 0.5) is 0 Å². The van der Waals surface area contributed by atoms with Gasteiger partial charge in [0.2, 0.25) is 0 Å². The minimum Gasteiger partial charge on any atom is -0.497 e. The van der Waals surface area contributed by atoms with Crippen molar-refractivity contribution in [2.24, 2.45) is 0 Å². The number of pyridine rings is 1. The van der Waals surface area contributed by atoms with Gasteiger partial charge in [0.15, 0.2) is 0 Å². The van der Waals surface area contributed by atoms with Gasteiger partial charge in [-0.15, -0.1) is 0 Å². The monoisotopic (exact) mass is 325 g/mol. The fourth-order valence-electron chi connectivity index (χ4n) is 3.44. The summed E-state index contributed by atoms with van der Waals surface area (Å²) in [6, 6.07) is 13.4. The van der Waals surface area contributed by atoms with E-state index in [2.05, 4.69) is 4.98 Å². The first-order chi connectivity index (χ1) is 11.7. The van der Waals surface area contributed by atoms with Crippen LogP contribution in [0.25, 0.3) is 0 Å². The van der Waals surface area contributed by atoms with Crippen LogP contribution in [0.3, 0.4) is 0 Å². The van der Waals surface area contributed by atoms with Crippen LogP contribution in [0.5, 0.6) is 5.75 Å². The molecule has 0 bridgehead atoms. The Morgan fingerprint density at radius 3 is 2.46 bits per heavy atom. The van der Waals surface area contributed by atoms with Crippen LogP contribution in [0.15, 0.2) is 48.7 Å². The molecule has 4 heteroatoms. The molecule has 1 aromatic heterocycles. The van der Waals surface area contributed by atoms with Crippen molar-refractivity contribution in [2.45, 2.75) is 44.1 Å². The minimum absolute atomic E-state index is 0.141. The summed E-state index contributed by atoms with van der Waals surface area (Å²) in [6.45, 7) is 0.220. The smallest absolute Gasteiger partial charge is 0.316 e. The molecule has 0 amide bonds. The summed E-state index contributed by atoms with van der Waals surface area (Å²) in [5.74, 6) is 0.657. The predicted molar refractivity (Wildman–Crippen MR) is 91.8 cm³/mol. The predicted octanol–water partition coefficient (Wildman–Crippen LogP) is 4.04. The molecule has 0 atom stereocenters. The molecule has 4 nitrogen and oxygen atoms in total. The molecular weight excluding hydrogens is 302 g/mol. The number of hydrogen-bond donors (Lipinski definition) is 0. The first kappa shape index (κ1) is 16.5. The zero-order valence-electron chi connectivity index (χ0n) is 14.0. The Morgan fingerprint density at radius 1 is 1.08 bits per heavy atom. The van der Waals surface area contributed by atoms with E-state index in [0.29, 0.717) is 0 Å². The van der Waals surface area contributed by atoms with Crippen molar-refractivity contribution in [3.8, 4) is 5.75 Å². The van der Waals surface area contributed by atoms with Gasteiger partial charge in [-0.1, -0.05) is 37.5 Å². The first-order valence-corrected chi connectivity index (χ1v) is 8.46. The summed E-state index contributed by atoms with van der Waals surface area (Å²) in [6.07, 6.45) is 6.64. The number of carbonyl (C=O) groups is 1. The summed E-state index contributed by atoms with van der Waals surface area (Å²) >= 11 is 0. The first-order valence-electron chi connectivity index (χ1n) is 8.46. The van der Waals surface area contributed by atoms with Crippen LogP contribution < -0.4 is 4.74 Å². The largest absolute Gasteiger partial charge is 0.497 e. The van der Waals surface area contributed by atoms with Crippen molar-refractivity contribution in [2.75, 3.05) is 7.11 Å². The van der Waals surface area contributed by atoms with E-state index in [4.69, 9.17) is 9.47 Å². The highest BCUT2D eigenvalue weighted by atomic mass is 16.5. The maximum atomic E-state index is 13.0. The molecule has 0 aliphatic heterocycles. The Morgan fingerprint density at radius 2 is 1.83 bits per heavy atom. The third kappa shape index (κ3) is 3.42. The Hall–Kier alpha value is -2.36. The molecule has 1 fully saturated rings. The Labute approximate surface area is 142 Å². The molecule has 24 heavy (non-hydrogen) atoms. The maximum absolute atomic E-state index is 13.0. The van der Waals surface area contributed by atoms with Crippen molar-refractivity contribution in [3.63, 3.8) is 0 Å². The number of nitrogens with zero attached hydrogens (tertiary/aromatic N) is 1. The second-order valence-corrected chi connectivity index (χ2v) is 6.27. The van der Waals surface area contributed by atoms with Crippen molar-refractivity contribution in [1.29, 1.82) is 0 Å². The zero-order valence-corrected chi connectivity index (χ0v) is 14.0. The molecule has 2 aromatic rings. The van der Waals surface area contributed by atoms with Crippen molar-refractivity contribution >= 4 is 5.97 Å². The lowest BCUT2D eigenvalue weighted by Gasteiger charge is -2.35. The average molecular weight is 325 g/mol. The van der Waals surface area contributed by atoms with Gasteiger partial charge in [-0.05, 0) is 42.7 Å². The van der Waals surface area contributed by atoms with Gasteiger partial charge in [-0.3, -0.25) is 9.78 Å². The SMILES string of the molecule is COc1ccc(C2(C(=O)OCc3ccccn3)CCCCC2)cc1. The highest BCUT2D eigenvalue weighted by Gasteiger charge is 2.42. The molecule has 1 aliphatic rings. The summed E-state index contributed by atoms with van der Waals surface area (Å²) in [5, 5.41) is 0. The van der Waals surface area contributed by atoms with Crippen molar-refractivity contribution in [3.05, 3.63) is 59.9 Å². The molecule has 0 spiro atoms. The van der Waals surface area contributed by atoms with Gasteiger partial charge >= 0.3 is 5.97 Å². The topological polar surface area (TPSA) is 48.4 Å². The molecule has 126 valence electrons. The summed E-state index contributed by atoms with van der Waals surface area (Å²) < 4.78 is 10.9. The number of carbonyl (C=O) groups excluding carboxylic acids is 1. The van der Waals surface area contributed by atoms with Crippen LogP contribution in [0, 0.1) is 0 Å². The number of benzene rings is 1. The van der Waals surface area contributed by atoms with E-state index in [9.17, 15) is 4.79 Å². The molecule has 1 aromatic carbocycles. The molecule has 0 unspecified atom stereocenters. The quantitative estimate of drug-likeness (QED) is 0.779. The number of esters is 1. The summed E-state index contributed by atoms with van der Waals surface area (Å²) in [4.78, 5) is 17.2. The number of hydrogen-bond acceptors (Lipinski definition) is 4. The van der Waals surface area contributed by atoms with E-state index in [1.807, 2.05) is 42.5 Å². The van der Waals surface area contributed by atoms with Crippen LogP contribution >= 0.6 is 0 Å². The van der Waals surface area contributed by atoms with E-state index in [0.717, 1.165) is 42.7 Å². The van der Waals surface area contributed by atoms with Gasteiger partial charge in [0.1, 0.15) is 12.4 Å². The van der Waals surface area contributed by atoms with Gasteiger partial charge < -0.3 is 9.47 Å². The number of ether oxygens (including phenoxy) is 2. The van der Waals surface area contributed by atoms with Crippen LogP contribution in [-0.4, -0.2) is 18.1 Å². The summed E-state index contributed by atoms with van der Waals surface area (Å²) in [7, 11) is 1.65. The maximum Gasteiger partial charge on any atom is 0.316 e. The third-order valence-electron chi connectivity index (χ3n) is 4.82. The van der Waals surface area contributed by atoms with E-state index >= 15 is 0 Å². The van der Waals surface area contributed by atoms with E-state index in [1.54, 1.807) is 13.3 Å². The number of rotatable bonds is 5. The van der Waals surface area contributed by atoms with Crippen LogP contribution in [-0.2, 0) is 21.6 Å². The van der Waals surface area contributed by atoms with Gasteiger partial charge in [0.25, 0.3) is 0 Å². The second kappa shape index (κ2) is 7.47. The van der Waals surface area contributed by atoms with Gasteiger partial charge in [0, 0.05) is 6.20 Å². The third-order valence-corrected chi connectivity index (χ3v) is 4.82. The number of methoxy groups -OCH3 is 1. The van der Waals surface area contributed by atoms with Crippen LogP contribution in [0.2, 0.25) is 0 Å². The van der Waals surface area contributed by atoms with Crippen molar-refractivity contribution < 1.29 is 14.3 Å². The van der Waals surface area contributed by atoms with Crippen molar-refractivity contribution in [1.82, 2.24) is 4.98 Å². The van der Waals surface area contributed by atoms with Crippen LogP contribution in [0.1, 0.15) is 43.4 Å². The molecule has 0 radical (unpaired) electrons. The highest BCUT2D eigenvalue weighted by molar-refractivity contribution is 5.83. The lowest BCUT2D eigenvalue weighted by Crippen LogP contribution is -2.39. The molecule has 3 rings (SSSR count). The standard InChI is InChI=1S/C20H23NO3/c1-23-18-10-8-16(9-11-18)20(12-4-2-5-13-20)19(22)24-15-17-7-3-6-14-21-17/h3,6-11,14H,2,4-5,12-13,15H2,1H3. The Bertz CT molecular complexity index is 661. The number of aromatic nitrogens is 1. The molecular formula is C20H23NO3. The normalized spacial score (nSPS) is 16.4. The molecule has 0 N–H and O–H groups in total. The molecule has 1 aliphatic carbocycles. The Kier molecular flexibility index (Phi) is 5.14. The lowest BCUT2D eigenvalue weighted by molar-refractivity contribution is -0.153. The van der Waals surface area contributed by atoms with Gasteiger partial charge in [-0.2, -0.15) is 0 Å². The summed E-state index contributed by atoms with van der Waals surface area (Å²) in [5.41, 5.74) is 1.25. The molecule has 1 saturated carbocycles. The Balaban J connectivity index is 1.80. The second-order valence-electron chi connectivity index (χ2n) is 6.27. The fourth-order valence-corrected chi connectivity index (χ4v) is 3.44. The van der Waals surface area contributed by atoms with E-state index < -0.39 is 5.41 Å². The molecule has 1 heterocycles. The van der Waals surface area contributed by atoms with Gasteiger partial charge in [0.05, 0.1) is 18.2 Å². The minimum atomic E-state index is -0.542. The molecule has 0 saturated heterocycles.